The van der Waals surface area contributed by atoms with Crippen LogP contribution in [0.3, 0.4) is 0 Å². The molecular formula is C20H27FN2O4S. The van der Waals surface area contributed by atoms with Crippen LogP contribution in [-0.4, -0.2) is 47.8 Å². The lowest BCUT2D eigenvalue weighted by Gasteiger charge is -2.35. The van der Waals surface area contributed by atoms with Crippen molar-refractivity contribution in [3.8, 4) is 11.1 Å². The fraction of sp³-hybridized carbons (Fsp3) is 0.650. The smallest absolute Gasteiger partial charge is 0.275 e. The van der Waals surface area contributed by atoms with Crippen LogP contribution in [0.2, 0.25) is 0 Å². The summed E-state index contributed by atoms with van der Waals surface area (Å²) in [5.74, 6) is 1.49. The molecule has 0 N–H and O–H groups in total. The number of ketones is 1. The van der Waals surface area contributed by atoms with E-state index < -0.39 is 6.17 Å². The summed E-state index contributed by atoms with van der Waals surface area (Å²) in [6.07, 6.45) is 1.73. The second-order valence-corrected chi connectivity index (χ2v) is 8.60. The molecule has 2 aromatic heterocycles. The van der Waals surface area contributed by atoms with Gasteiger partial charge < -0.3 is 19.0 Å². The minimum atomic E-state index is -1.04. The van der Waals surface area contributed by atoms with Crippen LogP contribution in [-0.2, 0) is 9.53 Å². The number of pyridine rings is 1. The summed E-state index contributed by atoms with van der Waals surface area (Å²) in [7, 11) is 0. The molecule has 1 aliphatic carbocycles. The Hall–Kier alpha value is -1.80. The monoisotopic (exact) mass is 410 g/mol. The maximum absolute atomic E-state index is 12.9. The molecule has 1 fully saturated rings. The van der Waals surface area contributed by atoms with Crippen molar-refractivity contribution in [2.24, 2.45) is 11.8 Å². The second-order valence-electron chi connectivity index (χ2n) is 7.66. The normalized spacial score (nSPS) is 21.1. The van der Waals surface area contributed by atoms with Gasteiger partial charge in [0.15, 0.2) is 4.83 Å². The summed E-state index contributed by atoms with van der Waals surface area (Å²) in [4.78, 5) is 20.6. The zero-order valence-corrected chi connectivity index (χ0v) is 17.3. The van der Waals surface area contributed by atoms with E-state index in [1.807, 2.05) is 13.0 Å². The average molecular weight is 411 g/mol. The average Bonchev–Trinajstić information content (AvgIpc) is 2.99. The van der Waals surface area contributed by atoms with Crippen LogP contribution in [0.25, 0.3) is 10.3 Å². The number of alkyl halides is 1. The predicted molar refractivity (Wildman–Crippen MR) is 106 cm³/mol. The molecule has 0 radical (unpaired) electrons. The summed E-state index contributed by atoms with van der Waals surface area (Å²) in [5.41, 5.74) is 0.718. The Kier molecular flexibility index (Phi) is 7.18. The van der Waals surface area contributed by atoms with Gasteiger partial charge in [-0.3, -0.25) is 0 Å². The van der Waals surface area contributed by atoms with Crippen molar-refractivity contribution in [2.45, 2.75) is 52.3 Å². The summed E-state index contributed by atoms with van der Waals surface area (Å²) >= 11 is 1.29. The third kappa shape index (κ3) is 6.10. The maximum atomic E-state index is 12.9. The lowest BCUT2D eigenvalue weighted by molar-refractivity contribution is -0.119. The van der Waals surface area contributed by atoms with Crippen molar-refractivity contribution in [1.82, 2.24) is 9.97 Å². The van der Waals surface area contributed by atoms with Crippen molar-refractivity contribution in [1.29, 1.82) is 0 Å². The summed E-state index contributed by atoms with van der Waals surface area (Å²) < 4.78 is 29.9. The SMILES string of the molecule is CC(=O)C[C@@H](C)COC1CC(COc2ccc3nc(OC[C@H](C)F)sc3n2)C1. The Morgan fingerprint density at radius 1 is 1.25 bits per heavy atom. The number of hydrogen-bond acceptors (Lipinski definition) is 7. The van der Waals surface area contributed by atoms with Crippen LogP contribution in [0, 0.1) is 11.8 Å². The molecule has 0 unspecified atom stereocenters. The van der Waals surface area contributed by atoms with Crippen molar-refractivity contribution in [2.75, 3.05) is 19.8 Å². The van der Waals surface area contributed by atoms with Gasteiger partial charge in [0, 0.05) is 19.1 Å². The minimum Gasteiger partial charge on any atom is -0.477 e. The Labute approximate surface area is 168 Å². The topological polar surface area (TPSA) is 70.5 Å². The molecule has 2 atom stereocenters. The van der Waals surface area contributed by atoms with Crippen molar-refractivity contribution in [3.05, 3.63) is 12.1 Å². The molecule has 2 aromatic rings. The predicted octanol–water partition coefficient (Wildman–Crippen LogP) is 4.22. The number of fused-ring (bicyclic) bond motifs is 1. The molecule has 0 saturated heterocycles. The first-order valence-corrected chi connectivity index (χ1v) is 10.5. The highest BCUT2D eigenvalue weighted by atomic mass is 32.1. The van der Waals surface area contributed by atoms with E-state index in [1.165, 1.54) is 18.3 Å². The molecule has 1 aliphatic rings. The molecule has 0 aromatic carbocycles. The van der Waals surface area contributed by atoms with Crippen LogP contribution in [0.1, 0.15) is 40.0 Å². The summed E-state index contributed by atoms with van der Waals surface area (Å²) in [6, 6.07) is 3.63. The summed E-state index contributed by atoms with van der Waals surface area (Å²) in [5, 5.41) is 0.419. The zero-order chi connectivity index (χ0) is 20.1. The number of ether oxygens (including phenoxy) is 3. The number of halogens is 1. The number of thiazole rings is 1. The largest absolute Gasteiger partial charge is 0.477 e. The molecule has 0 spiro atoms. The number of nitrogens with zero attached hydrogens (tertiary/aromatic N) is 2. The van der Waals surface area contributed by atoms with Gasteiger partial charge in [0.05, 0.1) is 12.7 Å². The quantitative estimate of drug-likeness (QED) is 0.552. The molecule has 3 rings (SSSR count). The highest BCUT2D eigenvalue weighted by molar-refractivity contribution is 7.19. The number of aromatic nitrogens is 2. The minimum absolute atomic E-state index is 0.0123. The van der Waals surface area contributed by atoms with Gasteiger partial charge in [-0.05, 0) is 44.6 Å². The number of carbonyl (C=O) groups is 1. The van der Waals surface area contributed by atoms with Gasteiger partial charge in [0.1, 0.15) is 24.1 Å². The van der Waals surface area contributed by atoms with Crippen molar-refractivity contribution < 1.29 is 23.4 Å². The molecule has 0 amide bonds. The first kappa shape index (κ1) is 20.9. The molecule has 28 heavy (non-hydrogen) atoms. The van der Waals surface area contributed by atoms with E-state index in [9.17, 15) is 9.18 Å². The van der Waals surface area contributed by atoms with Crippen LogP contribution in [0.5, 0.6) is 11.1 Å². The Balaban J connectivity index is 1.39. The van der Waals surface area contributed by atoms with Gasteiger partial charge >= 0.3 is 0 Å². The van der Waals surface area contributed by atoms with E-state index in [4.69, 9.17) is 14.2 Å². The summed E-state index contributed by atoms with van der Waals surface area (Å²) in [6.45, 7) is 6.32. The maximum Gasteiger partial charge on any atom is 0.275 e. The van der Waals surface area contributed by atoms with Gasteiger partial charge in [-0.15, -0.1) is 0 Å². The van der Waals surface area contributed by atoms with Gasteiger partial charge in [-0.1, -0.05) is 18.3 Å². The Morgan fingerprint density at radius 3 is 2.75 bits per heavy atom. The van der Waals surface area contributed by atoms with Crippen molar-refractivity contribution >= 4 is 27.5 Å². The Bertz CT molecular complexity index is 792. The van der Waals surface area contributed by atoms with E-state index in [-0.39, 0.29) is 24.4 Å². The lowest BCUT2D eigenvalue weighted by atomic mass is 9.83. The standard InChI is InChI=1S/C20H27FN2O4S/c1-12(6-14(3)24)9-25-16-7-15(8-16)11-26-18-5-4-17-19(23-18)28-20(22-17)27-10-13(2)21/h4-5,12-13,15-16H,6-11H2,1-3H3/t12-,13+,15?,16?/m1/s1. The van der Waals surface area contributed by atoms with E-state index in [0.29, 0.717) is 41.5 Å². The highest BCUT2D eigenvalue weighted by Crippen LogP contribution is 2.32. The molecule has 0 aliphatic heterocycles. The first-order valence-electron chi connectivity index (χ1n) is 9.67. The number of Topliss-reactive ketones (excluding diaryl/α,β-unsaturated/α-hetero) is 1. The van der Waals surface area contributed by atoms with Gasteiger partial charge in [0.25, 0.3) is 5.19 Å². The molecule has 6 nitrogen and oxygen atoms in total. The number of rotatable bonds is 11. The van der Waals surface area contributed by atoms with Gasteiger partial charge in [0.2, 0.25) is 5.88 Å². The van der Waals surface area contributed by atoms with Gasteiger partial charge in [-0.2, -0.15) is 0 Å². The van der Waals surface area contributed by atoms with Crippen LogP contribution in [0.4, 0.5) is 4.39 Å². The third-order valence-electron chi connectivity index (χ3n) is 4.56. The van der Waals surface area contributed by atoms with Gasteiger partial charge in [-0.25, -0.2) is 14.4 Å². The van der Waals surface area contributed by atoms with E-state index in [1.54, 1.807) is 13.0 Å². The van der Waals surface area contributed by atoms with Crippen LogP contribution < -0.4 is 9.47 Å². The number of carbonyl (C=O) groups excluding carboxylic acids is 1. The number of hydrogen-bond donors (Lipinski definition) is 0. The third-order valence-corrected chi connectivity index (χ3v) is 5.44. The van der Waals surface area contributed by atoms with Crippen LogP contribution in [0.15, 0.2) is 12.1 Å². The van der Waals surface area contributed by atoms with E-state index >= 15 is 0 Å². The lowest BCUT2D eigenvalue weighted by Crippen LogP contribution is -2.36. The molecule has 1 saturated carbocycles. The molecule has 8 heteroatoms. The highest BCUT2D eigenvalue weighted by Gasteiger charge is 2.30. The fourth-order valence-corrected chi connectivity index (χ4v) is 3.90. The van der Waals surface area contributed by atoms with E-state index in [0.717, 1.165) is 18.4 Å². The Morgan fingerprint density at radius 2 is 2.04 bits per heavy atom. The van der Waals surface area contributed by atoms with Crippen LogP contribution >= 0.6 is 11.3 Å². The van der Waals surface area contributed by atoms with E-state index in [2.05, 4.69) is 9.97 Å². The molecular weight excluding hydrogens is 383 g/mol. The second kappa shape index (κ2) is 9.60. The molecule has 154 valence electrons. The fourth-order valence-electron chi connectivity index (χ4n) is 3.11. The first-order chi connectivity index (χ1) is 13.4. The van der Waals surface area contributed by atoms with Crippen molar-refractivity contribution in [3.63, 3.8) is 0 Å². The zero-order valence-electron chi connectivity index (χ0n) is 16.5. The molecule has 0 bridgehead atoms. The molecule has 2 heterocycles.